The molecule has 4 nitrogen and oxygen atoms in total. The Bertz CT molecular complexity index is 1090. The van der Waals surface area contributed by atoms with Crippen LogP contribution in [0.5, 0.6) is 0 Å². The highest BCUT2D eigenvalue weighted by Gasteiger charge is 2.22. The van der Waals surface area contributed by atoms with Crippen molar-refractivity contribution in [1.82, 2.24) is 9.88 Å². The molecule has 1 aliphatic rings. The highest BCUT2D eigenvalue weighted by Crippen LogP contribution is 2.33. The molecule has 0 amide bonds. The van der Waals surface area contributed by atoms with E-state index in [1.807, 2.05) is 18.2 Å². The highest BCUT2D eigenvalue weighted by atomic mass is 16.1. The third kappa shape index (κ3) is 2.86. The molecular formula is C21H17N3O. The molecule has 1 aromatic heterocycles. The lowest BCUT2D eigenvalue weighted by Crippen LogP contribution is -2.18. The van der Waals surface area contributed by atoms with E-state index in [1.165, 1.54) is 16.7 Å². The molecule has 0 radical (unpaired) electrons. The third-order valence-electron chi connectivity index (χ3n) is 4.66. The molecule has 0 bridgehead atoms. The first kappa shape index (κ1) is 15.4. The Labute approximate surface area is 145 Å². The van der Waals surface area contributed by atoms with Crippen molar-refractivity contribution in [3.8, 4) is 17.2 Å². The molecule has 0 spiro atoms. The molecule has 0 saturated heterocycles. The summed E-state index contributed by atoms with van der Waals surface area (Å²) >= 11 is 0. The van der Waals surface area contributed by atoms with E-state index in [1.54, 1.807) is 6.07 Å². The van der Waals surface area contributed by atoms with Gasteiger partial charge in [0.25, 0.3) is 0 Å². The van der Waals surface area contributed by atoms with Gasteiger partial charge < -0.3 is 4.98 Å². The molecular weight excluding hydrogens is 310 g/mol. The topological polar surface area (TPSA) is 59.9 Å². The first-order valence-electron chi connectivity index (χ1n) is 8.18. The second-order valence-electron chi connectivity index (χ2n) is 6.43. The minimum atomic E-state index is -0.0887. The number of rotatable bonds is 3. The fraction of sp³-hybridized carbons (Fsp3) is 0.143. The predicted octanol–water partition coefficient (Wildman–Crippen LogP) is 3.59. The molecule has 0 fully saturated rings. The maximum atomic E-state index is 11.4. The van der Waals surface area contributed by atoms with Gasteiger partial charge in [-0.25, -0.2) is 0 Å². The summed E-state index contributed by atoms with van der Waals surface area (Å²) < 4.78 is 0. The van der Waals surface area contributed by atoms with E-state index in [-0.39, 0.29) is 5.56 Å². The van der Waals surface area contributed by atoms with Crippen molar-refractivity contribution in [2.75, 3.05) is 6.54 Å². The van der Waals surface area contributed by atoms with Gasteiger partial charge in [-0.3, -0.25) is 9.69 Å². The summed E-state index contributed by atoms with van der Waals surface area (Å²) in [6.07, 6.45) is 0. The molecule has 0 atom stereocenters. The van der Waals surface area contributed by atoms with Gasteiger partial charge in [-0.05, 0) is 45.8 Å². The van der Waals surface area contributed by atoms with Crippen LogP contribution < -0.4 is 5.56 Å². The Morgan fingerprint density at radius 1 is 1.20 bits per heavy atom. The van der Waals surface area contributed by atoms with Gasteiger partial charge in [0, 0.05) is 36.8 Å². The number of nitrogens with one attached hydrogen (secondary N) is 1. The third-order valence-corrected chi connectivity index (χ3v) is 4.66. The second kappa shape index (κ2) is 6.04. The summed E-state index contributed by atoms with van der Waals surface area (Å²) in [4.78, 5) is 16.5. The Hall–Kier alpha value is -3.16. The first-order valence-corrected chi connectivity index (χ1v) is 8.18. The van der Waals surface area contributed by atoms with Gasteiger partial charge in [-0.2, -0.15) is 5.26 Å². The lowest BCUT2D eigenvalue weighted by molar-refractivity contribution is 0.313. The van der Waals surface area contributed by atoms with E-state index < -0.39 is 0 Å². The Morgan fingerprint density at radius 2 is 2.08 bits per heavy atom. The standard InChI is InChI=1S/C21H17N3O/c1-14(10-22)11-24-12-17-3-2-4-18(19(17)13-24)15-5-7-20-16(9-15)6-8-21(25)23-20/h2-9H,1,11-13H2,(H,23,25). The quantitative estimate of drug-likeness (QED) is 0.748. The van der Waals surface area contributed by atoms with Gasteiger partial charge in [0.1, 0.15) is 0 Å². The van der Waals surface area contributed by atoms with E-state index in [4.69, 9.17) is 5.26 Å². The number of hydrogen-bond donors (Lipinski definition) is 1. The molecule has 4 rings (SSSR count). The van der Waals surface area contributed by atoms with Gasteiger partial charge in [0.05, 0.1) is 6.07 Å². The van der Waals surface area contributed by atoms with E-state index in [9.17, 15) is 4.79 Å². The average molecular weight is 327 g/mol. The van der Waals surface area contributed by atoms with Crippen LogP contribution in [0.3, 0.4) is 0 Å². The van der Waals surface area contributed by atoms with Crippen LogP contribution in [0.15, 0.2) is 65.5 Å². The lowest BCUT2D eigenvalue weighted by atomic mass is 9.96. The van der Waals surface area contributed by atoms with E-state index in [2.05, 4.69) is 46.8 Å². The number of aromatic amines is 1. The second-order valence-corrected chi connectivity index (χ2v) is 6.43. The van der Waals surface area contributed by atoms with Gasteiger partial charge in [0.15, 0.2) is 0 Å². The molecule has 4 heteroatoms. The van der Waals surface area contributed by atoms with E-state index in [0.29, 0.717) is 12.1 Å². The molecule has 0 saturated carbocycles. The van der Waals surface area contributed by atoms with Crippen LogP contribution >= 0.6 is 0 Å². The van der Waals surface area contributed by atoms with Crippen LogP contribution in [-0.4, -0.2) is 16.4 Å². The van der Waals surface area contributed by atoms with Crippen LogP contribution in [0.1, 0.15) is 11.1 Å². The van der Waals surface area contributed by atoms with Crippen molar-refractivity contribution in [1.29, 1.82) is 5.26 Å². The minimum Gasteiger partial charge on any atom is -0.322 e. The summed E-state index contributed by atoms with van der Waals surface area (Å²) in [7, 11) is 0. The van der Waals surface area contributed by atoms with Crippen LogP contribution in [0.4, 0.5) is 0 Å². The molecule has 0 unspecified atom stereocenters. The van der Waals surface area contributed by atoms with Gasteiger partial charge in [-0.15, -0.1) is 0 Å². The lowest BCUT2D eigenvalue weighted by Gasteiger charge is -2.13. The van der Waals surface area contributed by atoms with E-state index in [0.717, 1.165) is 29.6 Å². The summed E-state index contributed by atoms with van der Waals surface area (Å²) in [6.45, 7) is 6.04. The molecule has 3 aromatic rings. The number of pyridine rings is 1. The number of nitriles is 1. The van der Waals surface area contributed by atoms with Gasteiger partial charge >= 0.3 is 0 Å². The van der Waals surface area contributed by atoms with Crippen LogP contribution in [0, 0.1) is 11.3 Å². The molecule has 1 aliphatic heterocycles. The average Bonchev–Trinajstić information content (AvgIpc) is 3.03. The van der Waals surface area contributed by atoms with Crippen molar-refractivity contribution >= 4 is 10.9 Å². The summed E-state index contributed by atoms with van der Waals surface area (Å²) in [5.41, 5.74) is 6.28. The summed E-state index contributed by atoms with van der Waals surface area (Å²) in [5, 5.41) is 9.98. The number of H-pyrrole nitrogens is 1. The van der Waals surface area contributed by atoms with Crippen LogP contribution in [-0.2, 0) is 13.1 Å². The Balaban J connectivity index is 1.73. The number of hydrogen-bond acceptors (Lipinski definition) is 3. The molecule has 25 heavy (non-hydrogen) atoms. The van der Waals surface area contributed by atoms with Crippen molar-refractivity contribution in [2.45, 2.75) is 13.1 Å². The van der Waals surface area contributed by atoms with Gasteiger partial charge in [-0.1, -0.05) is 30.8 Å². The van der Waals surface area contributed by atoms with Crippen molar-refractivity contribution in [2.24, 2.45) is 0 Å². The normalized spacial score (nSPS) is 13.6. The van der Waals surface area contributed by atoms with Crippen molar-refractivity contribution in [3.63, 3.8) is 0 Å². The van der Waals surface area contributed by atoms with Crippen molar-refractivity contribution in [3.05, 3.63) is 82.2 Å². The summed E-state index contributed by atoms with van der Waals surface area (Å²) in [5.74, 6) is 0. The number of fused-ring (bicyclic) bond motifs is 2. The zero-order valence-corrected chi connectivity index (χ0v) is 13.7. The molecule has 2 aromatic carbocycles. The van der Waals surface area contributed by atoms with Crippen molar-refractivity contribution < 1.29 is 0 Å². The van der Waals surface area contributed by atoms with Gasteiger partial charge in [0.2, 0.25) is 5.56 Å². The van der Waals surface area contributed by atoms with E-state index >= 15 is 0 Å². The highest BCUT2D eigenvalue weighted by molar-refractivity contribution is 5.85. The molecule has 0 aliphatic carbocycles. The molecule has 122 valence electrons. The fourth-order valence-electron chi connectivity index (χ4n) is 3.50. The maximum Gasteiger partial charge on any atom is 0.248 e. The smallest absolute Gasteiger partial charge is 0.248 e. The number of aromatic nitrogens is 1. The minimum absolute atomic E-state index is 0.0887. The summed E-state index contributed by atoms with van der Waals surface area (Å²) in [6, 6.07) is 18.0. The number of nitrogens with zero attached hydrogens (tertiary/aromatic N) is 2. The Morgan fingerprint density at radius 3 is 2.92 bits per heavy atom. The zero-order valence-electron chi connectivity index (χ0n) is 13.7. The first-order chi connectivity index (χ1) is 12.1. The van der Waals surface area contributed by atoms with Crippen LogP contribution in [0.2, 0.25) is 0 Å². The van der Waals surface area contributed by atoms with Crippen LogP contribution in [0.25, 0.3) is 22.0 Å². The molecule has 1 N–H and O–H groups in total. The monoisotopic (exact) mass is 327 g/mol. The Kier molecular flexibility index (Phi) is 3.72. The largest absolute Gasteiger partial charge is 0.322 e. The number of benzene rings is 2. The maximum absolute atomic E-state index is 11.4. The molecule has 2 heterocycles. The fourth-order valence-corrected chi connectivity index (χ4v) is 3.50. The zero-order chi connectivity index (χ0) is 17.4. The SMILES string of the molecule is C=C(C#N)CN1Cc2cccc(-c3ccc4[nH]c(=O)ccc4c3)c2C1. The predicted molar refractivity (Wildman–Crippen MR) is 98.9 cm³/mol.